The van der Waals surface area contributed by atoms with Crippen LogP contribution in [0.25, 0.3) is 0 Å². The molecule has 5 heteroatoms. The molecule has 0 aromatic heterocycles. The number of hydrogen-bond donors (Lipinski definition) is 2. The van der Waals surface area contributed by atoms with Gasteiger partial charge < -0.3 is 10.4 Å². The monoisotopic (exact) mass is 239 g/mol. The highest BCUT2D eigenvalue weighted by Gasteiger charge is 2.18. The van der Waals surface area contributed by atoms with Crippen LogP contribution in [0.5, 0.6) is 0 Å². The number of carboxylic acid groups (broad SMARTS) is 1. The lowest BCUT2D eigenvalue weighted by Crippen LogP contribution is -2.07. The molecule has 0 spiro atoms. The van der Waals surface area contributed by atoms with Crippen molar-refractivity contribution >= 4 is 5.97 Å². The first kappa shape index (κ1) is 13.1. The number of rotatable bonds is 3. The number of hydrogen-bond acceptors (Lipinski definition) is 2. The van der Waals surface area contributed by atoms with E-state index in [1.807, 2.05) is 0 Å². The van der Waals surface area contributed by atoms with Gasteiger partial charge in [0.2, 0.25) is 0 Å². The SMILES string of the molecule is CNCCC#Cc1ccc(F)c(C(=O)O)c1F. The molecule has 0 aliphatic carbocycles. The second-order valence-electron chi connectivity index (χ2n) is 3.24. The van der Waals surface area contributed by atoms with E-state index >= 15 is 0 Å². The van der Waals surface area contributed by atoms with Gasteiger partial charge in [-0.15, -0.1) is 0 Å². The van der Waals surface area contributed by atoms with E-state index in [2.05, 4.69) is 17.2 Å². The van der Waals surface area contributed by atoms with Crippen LogP contribution in [0, 0.1) is 23.5 Å². The van der Waals surface area contributed by atoms with Gasteiger partial charge in [-0.2, -0.15) is 0 Å². The zero-order valence-corrected chi connectivity index (χ0v) is 9.18. The van der Waals surface area contributed by atoms with Crippen LogP contribution in [-0.4, -0.2) is 24.7 Å². The first-order chi connectivity index (χ1) is 8.07. The average Bonchev–Trinajstić information content (AvgIpc) is 2.26. The number of carbonyl (C=O) groups is 1. The lowest BCUT2D eigenvalue weighted by Gasteiger charge is -2.01. The van der Waals surface area contributed by atoms with Crippen molar-refractivity contribution in [1.82, 2.24) is 5.32 Å². The van der Waals surface area contributed by atoms with E-state index in [0.717, 1.165) is 12.1 Å². The van der Waals surface area contributed by atoms with Gasteiger partial charge in [-0.3, -0.25) is 0 Å². The molecular formula is C12H11F2NO2. The van der Waals surface area contributed by atoms with Crippen molar-refractivity contribution in [3.63, 3.8) is 0 Å². The minimum absolute atomic E-state index is 0.111. The molecule has 0 amide bonds. The standard InChI is InChI=1S/C12H11F2NO2/c1-15-7-3-2-4-8-5-6-9(13)10(11(8)14)12(16)17/h5-6,15H,3,7H2,1H3,(H,16,17). The summed E-state index contributed by atoms with van der Waals surface area (Å²) in [6.45, 7) is 0.640. The molecule has 0 heterocycles. The summed E-state index contributed by atoms with van der Waals surface area (Å²) in [6.07, 6.45) is 0.496. The summed E-state index contributed by atoms with van der Waals surface area (Å²) < 4.78 is 26.6. The summed E-state index contributed by atoms with van der Waals surface area (Å²) in [6, 6.07) is 2.03. The van der Waals surface area contributed by atoms with Crippen molar-refractivity contribution in [1.29, 1.82) is 0 Å². The van der Waals surface area contributed by atoms with E-state index < -0.39 is 23.2 Å². The summed E-state index contributed by atoms with van der Waals surface area (Å²) in [4.78, 5) is 10.6. The fraction of sp³-hybridized carbons (Fsp3) is 0.250. The van der Waals surface area contributed by atoms with Crippen molar-refractivity contribution in [3.05, 3.63) is 34.9 Å². The van der Waals surface area contributed by atoms with Gasteiger partial charge in [0, 0.05) is 13.0 Å². The van der Waals surface area contributed by atoms with E-state index in [9.17, 15) is 13.6 Å². The smallest absolute Gasteiger partial charge is 0.341 e. The highest BCUT2D eigenvalue weighted by molar-refractivity contribution is 5.88. The normalized spacial score (nSPS) is 9.59. The molecule has 0 fully saturated rings. The van der Waals surface area contributed by atoms with Gasteiger partial charge in [0.05, 0.1) is 5.56 Å². The molecule has 2 N–H and O–H groups in total. The molecule has 0 aliphatic rings. The Balaban J connectivity index is 3.05. The predicted molar refractivity (Wildman–Crippen MR) is 58.7 cm³/mol. The molecule has 1 aromatic carbocycles. The predicted octanol–water partition coefficient (Wildman–Crippen LogP) is 1.62. The van der Waals surface area contributed by atoms with E-state index in [-0.39, 0.29) is 5.56 Å². The van der Waals surface area contributed by atoms with Crippen molar-refractivity contribution in [2.45, 2.75) is 6.42 Å². The highest BCUT2D eigenvalue weighted by Crippen LogP contribution is 2.16. The third-order valence-corrected chi connectivity index (χ3v) is 2.03. The third-order valence-electron chi connectivity index (χ3n) is 2.03. The van der Waals surface area contributed by atoms with Gasteiger partial charge in [0.25, 0.3) is 0 Å². The maximum Gasteiger partial charge on any atom is 0.341 e. The quantitative estimate of drug-likeness (QED) is 0.622. The van der Waals surface area contributed by atoms with Crippen molar-refractivity contribution in [2.24, 2.45) is 0 Å². The molecule has 0 unspecified atom stereocenters. The molecule has 0 saturated heterocycles. The van der Waals surface area contributed by atoms with Crippen molar-refractivity contribution < 1.29 is 18.7 Å². The lowest BCUT2D eigenvalue weighted by molar-refractivity contribution is 0.0686. The fourth-order valence-corrected chi connectivity index (χ4v) is 1.19. The molecule has 1 rings (SSSR count). The first-order valence-electron chi connectivity index (χ1n) is 4.92. The van der Waals surface area contributed by atoms with Gasteiger partial charge in [0.15, 0.2) is 5.82 Å². The van der Waals surface area contributed by atoms with Crippen LogP contribution in [-0.2, 0) is 0 Å². The van der Waals surface area contributed by atoms with Crippen LogP contribution in [0.4, 0.5) is 8.78 Å². The van der Waals surface area contributed by atoms with Crippen LogP contribution in [0.2, 0.25) is 0 Å². The molecule has 0 saturated carbocycles. The zero-order valence-electron chi connectivity index (χ0n) is 9.18. The average molecular weight is 239 g/mol. The third kappa shape index (κ3) is 3.26. The summed E-state index contributed by atoms with van der Waals surface area (Å²) in [5, 5.41) is 11.5. The second-order valence-corrected chi connectivity index (χ2v) is 3.24. The Kier molecular flexibility index (Phi) is 4.61. The molecule has 90 valence electrons. The van der Waals surface area contributed by atoms with Crippen LogP contribution in [0.1, 0.15) is 22.3 Å². The number of nitrogens with one attached hydrogen (secondary N) is 1. The van der Waals surface area contributed by atoms with Crippen LogP contribution >= 0.6 is 0 Å². The van der Waals surface area contributed by atoms with E-state index in [0.29, 0.717) is 13.0 Å². The zero-order chi connectivity index (χ0) is 12.8. The molecule has 3 nitrogen and oxygen atoms in total. The summed E-state index contributed by atoms with van der Waals surface area (Å²) in [5.41, 5.74) is -1.08. The maximum atomic E-state index is 13.6. The Morgan fingerprint density at radius 3 is 2.76 bits per heavy atom. The number of halogens is 2. The van der Waals surface area contributed by atoms with Crippen LogP contribution in [0.3, 0.4) is 0 Å². The summed E-state index contributed by atoms with van der Waals surface area (Å²) >= 11 is 0. The van der Waals surface area contributed by atoms with Crippen LogP contribution in [0.15, 0.2) is 12.1 Å². The molecule has 1 aromatic rings. The number of carboxylic acids is 1. The molecule has 17 heavy (non-hydrogen) atoms. The lowest BCUT2D eigenvalue weighted by atomic mass is 10.1. The Bertz CT molecular complexity index is 489. The van der Waals surface area contributed by atoms with Gasteiger partial charge >= 0.3 is 5.97 Å². The van der Waals surface area contributed by atoms with E-state index in [4.69, 9.17) is 5.11 Å². The Morgan fingerprint density at radius 2 is 2.18 bits per heavy atom. The molecule has 0 atom stereocenters. The Morgan fingerprint density at radius 1 is 1.47 bits per heavy atom. The maximum absolute atomic E-state index is 13.6. The van der Waals surface area contributed by atoms with Crippen molar-refractivity contribution in [3.8, 4) is 11.8 Å². The Labute approximate surface area is 97.5 Å². The fourth-order valence-electron chi connectivity index (χ4n) is 1.19. The molecule has 0 radical (unpaired) electrons. The molecule has 0 aliphatic heterocycles. The minimum atomic E-state index is -1.64. The minimum Gasteiger partial charge on any atom is -0.477 e. The van der Waals surface area contributed by atoms with Gasteiger partial charge in [0.1, 0.15) is 11.4 Å². The second kappa shape index (κ2) is 5.97. The van der Waals surface area contributed by atoms with E-state index in [1.54, 1.807) is 7.05 Å². The Hall–Kier alpha value is -1.93. The summed E-state index contributed by atoms with van der Waals surface area (Å²) in [7, 11) is 1.75. The van der Waals surface area contributed by atoms with Gasteiger partial charge in [-0.05, 0) is 19.2 Å². The molecule has 0 bridgehead atoms. The van der Waals surface area contributed by atoms with E-state index in [1.165, 1.54) is 0 Å². The number of benzene rings is 1. The number of aromatic carboxylic acids is 1. The molecular weight excluding hydrogens is 228 g/mol. The van der Waals surface area contributed by atoms with Gasteiger partial charge in [-0.1, -0.05) is 11.8 Å². The topological polar surface area (TPSA) is 49.3 Å². The highest BCUT2D eigenvalue weighted by atomic mass is 19.1. The summed E-state index contributed by atoms with van der Waals surface area (Å²) in [5.74, 6) is 1.27. The van der Waals surface area contributed by atoms with Gasteiger partial charge in [-0.25, -0.2) is 13.6 Å². The largest absolute Gasteiger partial charge is 0.477 e. The van der Waals surface area contributed by atoms with Crippen LogP contribution < -0.4 is 5.32 Å². The first-order valence-corrected chi connectivity index (χ1v) is 4.92. The van der Waals surface area contributed by atoms with Crippen molar-refractivity contribution in [2.75, 3.05) is 13.6 Å².